The molecule has 8 nitrogen and oxygen atoms in total. The number of methoxy groups -OCH3 is 1. The van der Waals surface area contributed by atoms with Crippen molar-refractivity contribution in [1.82, 2.24) is 4.57 Å². The van der Waals surface area contributed by atoms with E-state index >= 15 is 0 Å². The molecule has 2 heterocycles. The van der Waals surface area contributed by atoms with E-state index in [0.29, 0.717) is 44.3 Å². The van der Waals surface area contributed by atoms with Gasteiger partial charge in [0.15, 0.2) is 16.3 Å². The Morgan fingerprint density at radius 3 is 2.50 bits per heavy atom. The molecule has 44 heavy (non-hydrogen) atoms. The Hall–Kier alpha value is -4.63. The van der Waals surface area contributed by atoms with Crippen molar-refractivity contribution in [3.8, 4) is 17.2 Å². The molecule has 0 bridgehead atoms. The molecule has 0 N–H and O–H groups in total. The molecule has 0 aliphatic carbocycles. The average Bonchev–Trinajstić information content (AvgIpc) is 3.30. The first-order valence-electron chi connectivity index (χ1n) is 14.5. The Bertz CT molecular complexity index is 1890. The summed E-state index contributed by atoms with van der Waals surface area (Å²) < 4.78 is 25.0. The number of hydrogen-bond acceptors (Lipinski definition) is 8. The number of nitrogens with zero attached hydrogens (tertiary/aromatic N) is 2. The van der Waals surface area contributed by atoms with Crippen LogP contribution in [0, 0.1) is 6.92 Å². The number of carbonyl (C=O) groups excluding carboxylic acids is 1. The topological polar surface area (TPSA) is 88.4 Å². The Balaban J connectivity index is 1.52. The van der Waals surface area contributed by atoms with Crippen LogP contribution in [0.2, 0.25) is 0 Å². The first-order chi connectivity index (χ1) is 21.2. The maximum absolute atomic E-state index is 14.0. The van der Waals surface area contributed by atoms with E-state index in [0.717, 1.165) is 16.9 Å². The standard InChI is InChI=1S/C35H36N2O6S/c1-7-41-34(39)31-23(5)36-35-37(32(31)26-13-16-28(43-21(2)3)29(19-26)40-6)33(38)30(44-35)18-24-11-14-27(15-12-24)42-20-25-10-8-9-22(4)17-25/h8-19,21,32H,7,20H2,1-6H3/b30-18-/t32-/m0/s1. The number of aryl methyl sites for hydroxylation is 1. The molecule has 1 aliphatic heterocycles. The van der Waals surface area contributed by atoms with Gasteiger partial charge < -0.3 is 18.9 Å². The van der Waals surface area contributed by atoms with Crippen molar-refractivity contribution in [3.05, 3.63) is 120 Å². The van der Waals surface area contributed by atoms with Crippen LogP contribution in [0.3, 0.4) is 0 Å². The van der Waals surface area contributed by atoms with Crippen LogP contribution in [0.15, 0.2) is 87.8 Å². The SMILES string of the molecule is CCOC(=O)C1=C(C)N=c2s/c(=C\c3ccc(OCc4cccc(C)c4)cc3)c(=O)n2[C@H]1c1ccc(OC(C)C)c(OC)c1. The molecule has 0 fully saturated rings. The summed E-state index contributed by atoms with van der Waals surface area (Å²) in [6.45, 7) is 10.1. The van der Waals surface area contributed by atoms with Crippen molar-refractivity contribution in [2.45, 2.75) is 53.4 Å². The molecular formula is C35H36N2O6S. The molecule has 0 spiro atoms. The van der Waals surface area contributed by atoms with Gasteiger partial charge in [-0.2, -0.15) is 0 Å². The van der Waals surface area contributed by atoms with Gasteiger partial charge in [0, 0.05) is 0 Å². The zero-order chi connectivity index (χ0) is 31.4. The van der Waals surface area contributed by atoms with Gasteiger partial charge in [0.05, 0.1) is 41.7 Å². The van der Waals surface area contributed by atoms with Crippen LogP contribution in [0.1, 0.15) is 56.0 Å². The number of rotatable bonds is 10. The van der Waals surface area contributed by atoms with E-state index in [-0.39, 0.29) is 18.3 Å². The number of esters is 1. The van der Waals surface area contributed by atoms with E-state index in [2.05, 4.69) is 24.0 Å². The van der Waals surface area contributed by atoms with Crippen LogP contribution in [0.5, 0.6) is 17.2 Å². The van der Waals surface area contributed by atoms with Gasteiger partial charge in [-0.25, -0.2) is 9.79 Å². The maximum Gasteiger partial charge on any atom is 0.338 e. The van der Waals surface area contributed by atoms with Crippen LogP contribution in [0.25, 0.3) is 6.08 Å². The molecule has 1 atom stereocenters. The summed E-state index contributed by atoms with van der Waals surface area (Å²) in [7, 11) is 1.56. The highest BCUT2D eigenvalue weighted by molar-refractivity contribution is 7.07. The molecule has 0 saturated heterocycles. The van der Waals surface area contributed by atoms with Crippen molar-refractivity contribution in [3.63, 3.8) is 0 Å². The molecule has 4 aromatic rings. The lowest BCUT2D eigenvalue weighted by molar-refractivity contribution is -0.139. The van der Waals surface area contributed by atoms with Crippen molar-refractivity contribution >= 4 is 23.4 Å². The summed E-state index contributed by atoms with van der Waals surface area (Å²) >= 11 is 1.28. The monoisotopic (exact) mass is 612 g/mol. The van der Waals surface area contributed by atoms with Crippen molar-refractivity contribution < 1.29 is 23.7 Å². The first kappa shape index (κ1) is 30.8. The third kappa shape index (κ3) is 6.63. The third-order valence-corrected chi connectivity index (χ3v) is 8.03. The summed E-state index contributed by atoms with van der Waals surface area (Å²) in [6.07, 6.45) is 1.77. The lowest BCUT2D eigenvalue weighted by atomic mass is 9.95. The minimum atomic E-state index is -0.758. The fourth-order valence-electron chi connectivity index (χ4n) is 5.09. The number of fused-ring (bicyclic) bond motifs is 1. The molecule has 1 aromatic heterocycles. The van der Waals surface area contributed by atoms with Crippen molar-refractivity contribution in [2.75, 3.05) is 13.7 Å². The Morgan fingerprint density at radius 2 is 1.82 bits per heavy atom. The number of allylic oxidation sites excluding steroid dienone is 1. The van der Waals surface area contributed by atoms with Crippen LogP contribution in [0.4, 0.5) is 0 Å². The zero-order valence-electron chi connectivity index (χ0n) is 25.7. The predicted molar refractivity (Wildman–Crippen MR) is 171 cm³/mol. The van der Waals surface area contributed by atoms with E-state index in [4.69, 9.17) is 18.9 Å². The van der Waals surface area contributed by atoms with Gasteiger partial charge in [-0.3, -0.25) is 9.36 Å². The lowest BCUT2D eigenvalue weighted by Gasteiger charge is -2.25. The van der Waals surface area contributed by atoms with E-state index in [1.54, 1.807) is 37.7 Å². The first-order valence-corrected chi connectivity index (χ1v) is 15.3. The van der Waals surface area contributed by atoms with Crippen LogP contribution in [-0.4, -0.2) is 30.4 Å². The summed E-state index contributed by atoms with van der Waals surface area (Å²) in [4.78, 5) is 32.4. The van der Waals surface area contributed by atoms with Crippen LogP contribution in [-0.2, 0) is 16.1 Å². The number of aromatic nitrogens is 1. The second-order valence-electron chi connectivity index (χ2n) is 10.7. The van der Waals surface area contributed by atoms with Gasteiger partial charge >= 0.3 is 5.97 Å². The van der Waals surface area contributed by atoms with E-state index in [9.17, 15) is 9.59 Å². The normalized spacial score (nSPS) is 14.7. The summed E-state index contributed by atoms with van der Waals surface area (Å²) in [5.74, 6) is 1.29. The minimum absolute atomic E-state index is 0.0570. The quantitative estimate of drug-likeness (QED) is 0.221. The number of hydrogen-bond donors (Lipinski definition) is 0. The lowest BCUT2D eigenvalue weighted by Crippen LogP contribution is -2.40. The average molecular weight is 613 g/mol. The zero-order valence-corrected chi connectivity index (χ0v) is 26.6. The Kier molecular flexibility index (Phi) is 9.35. The highest BCUT2D eigenvalue weighted by atomic mass is 32.1. The second kappa shape index (κ2) is 13.3. The molecule has 1 aliphatic rings. The van der Waals surface area contributed by atoms with E-state index in [1.807, 2.05) is 62.4 Å². The molecule has 3 aromatic carbocycles. The summed E-state index contributed by atoms with van der Waals surface area (Å²) in [5.41, 5.74) is 4.35. The molecule has 9 heteroatoms. The van der Waals surface area contributed by atoms with Gasteiger partial charge in [-0.15, -0.1) is 0 Å². The molecule has 0 unspecified atom stereocenters. The van der Waals surface area contributed by atoms with Gasteiger partial charge in [0.25, 0.3) is 5.56 Å². The van der Waals surface area contributed by atoms with E-state index in [1.165, 1.54) is 16.9 Å². The fraction of sp³-hybridized carbons (Fsp3) is 0.286. The largest absolute Gasteiger partial charge is 0.493 e. The smallest absolute Gasteiger partial charge is 0.338 e. The number of thiazole rings is 1. The Morgan fingerprint density at radius 1 is 1.05 bits per heavy atom. The maximum atomic E-state index is 14.0. The number of benzene rings is 3. The molecule has 0 saturated carbocycles. The molecule has 228 valence electrons. The summed E-state index contributed by atoms with van der Waals surface area (Å²) in [5, 5.41) is 0. The van der Waals surface area contributed by atoms with Gasteiger partial charge in [0.2, 0.25) is 0 Å². The van der Waals surface area contributed by atoms with Gasteiger partial charge in [-0.1, -0.05) is 59.4 Å². The number of carbonyl (C=O) groups is 1. The highest BCUT2D eigenvalue weighted by Crippen LogP contribution is 2.36. The van der Waals surface area contributed by atoms with Crippen LogP contribution >= 0.6 is 11.3 Å². The predicted octanol–water partition coefficient (Wildman–Crippen LogP) is 5.48. The van der Waals surface area contributed by atoms with Gasteiger partial charge in [0.1, 0.15) is 12.4 Å². The minimum Gasteiger partial charge on any atom is -0.493 e. The molecule has 0 amide bonds. The third-order valence-electron chi connectivity index (χ3n) is 7.05. The van der Waals surface area contributed by atoms with Gasteiger partial charge in [-0.05, 0) is 81.7 Å². The molecule has 0 radical (unpaired) electrons. The fourth-order valence-corrected chi connectivity index (χ4v) is 6.14. The van der Waals surface area contributed by atoms with Crippen molar-refractivity contribution in [1.29, 1.82) is 0 Å². The summed E-state index contributed by atoms with van der Waals surface area (Å²) in [6, 6.07) is 20.5. The molecular weight excluding hydrogens is 576 g/mol. The molecule has 5 rings (SSSR count). The van der Waals surface area contributed by atoms with E-state index < -0.39 is 12.0 Å². The Labute approximate surface area is 260 Å². The van der Waals surface area contributed by atoms with Crippen LogP contribution < -0.4 is 29.1 Å². The highest BCUT2D eigenvalue weighted by Gasteiger charge is 2.34. The second-order valence-corrected chi connectivity index (χ2v) is 11.7. The number of ether oxygens (including phenoxy) is 4. The van der Waals surface area contributed by atoms with Crippen molar-refractivity contribution in [2.24, 2.45) is 4.99 Å².